The van der Waals surface area contributed by atoms with Gasteiger partial charge in [-0.05, 0) is 56.9 Å². The van der Waals surface area contributed by atoms with Crippen molar-refractivity contribution in [3.63, 3.8) is 0 Å². The van der Waals surface area contributed by atoms with Crippen LogP contribution in [-0.2, 0) is 11.8 Å². The van der Waals surface area contributed by atoms with E-state index in [4.69, 9.17) is 0 Å². The summed E-state index contributed by atoms with van der Waals surface area (Å²) in [5.41, 5.74) is 0.519. The van der Waals surface area contributed by atoms with Crippen molar-refractivity contribution in [1.82, 2.24) is 29.8 Å². The minimum atomic E-state index is -0.960. The molecule has 2 aromatic heterocycles. The molecule has 1 fully saturated rings. The first kappa shape index (κ1) is 23.4. The average molecular weight is 446 g/mol. The number of hydrogen-bond donors (Lipinski definition) is 1. The summed E-state index contributed by atoms with van der Waals surface area (Å²) in [5.74, 6) is -0.955. The topological polar surface area (TPSA) is 128 Å². The van der Waals surface area contributed by atoms with Crippen molar-refractivity contribution in [2.45, 2.75) is 65.1 Å². The van der Waals surface area contributed by atoms with Crippen molar-refractivity contribution < 1.29 is 14.5 Å². The fourth-order valence-electron chi connectivity index (χ4n) is 3.75. The number of aryl methyl sites for hydroxylation is 1. The molecule has 2 aromatic rings. The smallest absolute Gasteiger partial charge is 0.358 e. The molecule has 3 rings (SSSR count). The van der Waals surface area contributed by atoms with Crippen LogP contribution in [-0.4, -0.2) is 53.8 Å². The molecule has 11 nitrogen and oxygen atoms in total. The summed E-state index contributed by atoms with van der Waals surface area (Å²) in [6.07, 6.45) is 4.46. The average Bonchev–Trinajstić information content (AvgIpc) is 3.34. The van der Waals surface area contributed by atoms with Gasteiger partial charge >= 0.3 is 5.82 Å². The maximum Gasteiger partial charge on any atom is 0.390 e. The predicted molar refractivity (Wildman–Crippen MR) is 117 cm³/mol. The van der Waals surface area contributed by atoms with Gasteiger partial charge in [0.25, 0.3) is 5.91 Å². The first-order valence-electron chi connectivity index (χ1n) is 11.0. The second-order valence-corrected chi connectivity index (χ2v) is 8.57. The van der Waals surface area contributed by atoms with Gasteiger partial charge in [0.05, 0.1) is 23.9 Å². The second-order valence-electron chi connectivity index (χ2n) is 8.57. The molecule has 1 N–H and O–H groups in total. The van der Waals surface area contributed by atoms with E-state index in [1.165, 1.54) is 16.6 Å². The molecule has 0 radical (unpaired) electrons. The third-order valence-electron chi connectivity index (χ3n) is 5.76. The van der Waals surface area contributed by atoms with Crippen molar-refractivity contribution in [3.8, 4) is 0 Å². The number of rotatable bonds is 10. The Balaban J connectivity index is 2.08. The maximum absolute atomic E-state index is 13.7. The zero-order valence-electron chi connectivity index (χ0n) is 19.2. The summed E-state index contributed by atoms with van der Waals surface area (Å²) in [6, 6.07) is 1.79. The van der Waals surface area contributed by atoms with Gasteiger partial charge in [0.1, 0.15) is 0 Å². The fraction of sp³-hybridized carbons (Fsp3) is 0.619. The van der Waals surface area contributed by atoms with Crippen molar-refractivity contribution in [3.05, 3.63) is 39.8 Å². The zero-order valence-corrected chi connectivity index (χ0v) is 19.2. The van der Waals surface area contributed by atoms with Crippen LogP contribution < -0.4 is 5.32 Å². The van der Waals surface area contributed by atoms with Gasteiger partial charge in [0.2, 0.25) is 5.91 Å². The van der Waals surface area contributed by atoms with Crippen LogP contribution in [0, 0.1) is 16.0 Å². The van der Waals surface area contributed by atoms with Gasteiger partial charge in [0.15, 0.2) is 11.7 Å². The number of nitrogens with one attached hydrogen (secondary N) is 1. The minimum Gasteiger partial charge on any atom is -0.358 e. The highest BCUT2D eigenvalue weighted by molar-refractivity contribution is 5.97. The molecule has 0 aromatic carbocycles. The third kappa shape index (κ3) is 4.81. The lowest BCUT2D eigenvalue weighted by Crippen LogP contribution is -2.49. The standard InChI is InChI=1S/C21H31N7O4/c1-6-10-22-20(29)19(16-9-11-26(23-16)13(2)3)27(14(4)15-7-8-15)21(30)17-12-18(28(31)32)24-25(17)5/h9,11-15,19H,6-8,10H2,1-5H3,(H,22,29)/t14-,19?/m0/s1. The molecule has 0 bridgehead atoms. The van der Waals surface area contributed by atoms with E-state index in [1.807, 2.05) is 27.7 Å². The third-order valence-corrected chi connectivity index (χ3v) is 5.76. The minimum absolute atomic E-state index is 0.0563. The molecule has 0 aliphatic heterocycles. The Morgan fingerprint density at radius 3 is 2.50 bits per heavy atom. The van der Waals surface area contributed by atoms with Crippen molar-refractivity contribution in [1.29, 1.82) is 0 Å². The summed E-state index contributed by atoms with van der Waals surface area (Å²) in [4.78, 5) is 39.1. The maximum atomic E-state index is 13.7. The van der Waals surface area contributed by atoms with Gasteiger partial charge < -0.3 is 20.3 Å². The van der Waals surface area contributed by atoms with Gasteiger partial charge in [-0.3, -0.25) is 14.3 Å². The SMILES string of the molecule is CCCNC(=O)C(c1ccn(C(C)C)n1)N(C(=O)c1cc([N+](=O)[O-])nn1C)[C@@H](C)C1CC1. The van der Waals surface area contributed by atoms with Crippen molar-refractivity contribution >= 4 is 17.6 Å². The van der Waals surface area contributed by atoms with Crippen molar-refractivity contribution in [2.24, 2.45) is 13.0 Å². The van der Waals surface area contributed by atoms with Crippen LogP contribution in [0.5, 0.6) is 0 Å². The van der Waals surface area contributed by atoms with Crippen LogP contribution in [0.25, 0.3) is 0 Å². The molecule has 1 aliphatic carbocycles. The van der Waals surface area contributed by atoms with Gasteiger partial charge in [-0.1, -0.05) is 6.92 Å². The van der Waals surface area contributed by atoms with Crippen LogP contribution in [0.4, 0.5) is 5.82 Å². The summed E-state index contributed by atoms with van der Waals surface area (Å²) in [5, 5.41) is 22.5. The molecule has 32 heavy (non-hydrogen) atoms. The van der Waals surface area contributed by atoms with Gasteiger partial charge in [-0.2, -0.15) is 9.78 Å². The highest BCUT2D eigenvalue weighted by Gasteiger charge is 2.43. The molecule has 174 valence electrons. The van der Waals surface area contributed by atoms with E-state index in [-0.39, 0.29) is 29.6 Å². The first-order chi connectivity index (χ1) is 15.1. The number of hydrogen-bond acceptors (Lipinski definition) is 6. The molecule has 0 saturated heterocycles. The molecular weight excluding hydrogens is 414 g/mol. The van der Waals surface area contributed by atoms with Crippen LogP contribution >= 0.6 is 0 Å². The molecule has 11 heteroatoms. The molecule has 1 aliphatic rings. The molecular formula is C21H31N7O4. The first-order valence-corrected chi connectivity index (χ1v) is 11.0. The number of carbonyl (C=O) groups is 2. The Bertz CT molecular complexity index is 992. The van der Waals surface area contributed by atoms with Crippen LogP contribution in [0.3, 0.4) is 0 Å². The summed E-state index contributed by atoms with van der Waals surface area (Å²) < 4.78 is 2.94. The van der Waals surface area contributed by atoms with Crippen LogP contribution in [0.1, 0.15) is 75.2 Å². The summed E-state index contributed by atoms with van der Waals surface area (Å²) in [6.45, 7) is 8.30. The predicted octanol–water partition coefficient (Wildman–Crippen LogP) is 2.61. The quantitative estimate of drug-likeness (QED) is 0.442. The monoisotopic (exact) mass is 445 g/mol. The van der Waals surface area contributed by atoms with E-state index in [1.54, 1.807) is 16.9 Å². The number of nitro groups is 1. The Morgan fingerprint density at radius 1 is 1.31 bits per heavy atom. The van der Waals surface area contributed by atoms with Crippen LogP contribution in [0.2, 0.25) is 0 Å². The number of amides is 2. The van der Waals surface area contributed by atoms with E-state index >= 15 is 0 Å². The fourth-order valence-corrected chi connectivity index (χ4v) is 3.75. The highest BCUT2D eigenvalue weighted by atomic mass is 16.6. The molecule has 2 atom stereocenters. The van der Waals surface area contributed by atoms with Crippen molar-refractivity contribution in [2.75, 3.05) is 6.54 Å². The normalized spacial score (nSPS) is 15.4. The highest BCUT2D eigenvalue weighted by Crippen LogP contribution is 2.39. The van der Waals surface area contributed by atoms with E-state index in [9.17, 15) is 19.7 Å². The van der Waals surface area contributed by atoms with E-state index < -0.39 is 22.7 Å². The van der Waals surface area contributed by atoms with Crippen LogP contribution in [0.15, 0.2) is 18.3 Å². The lowest BCUT2D eigenvalue weighted by Gasteiger charge is -2.35. The van der Waals surface area contributed by atoms with E-state index in [0.717, 1.165) is 25.3 Å². The van der Waals surface area contributed by atoms with E-state index in [0.29, 0.717) is 12.2 Å². The Kier molecular flexibility index (Phi) is 6.95. The largest absolute Gasteiger partial charge is 0.390 e. The Hall–Kier alpha value is -3.24. The summed E-state index contributed by atoms with van der Waals surface area (Å²) in [7, 11) is 1.49. The Morgan fingerprint density at radius 2 is 2.00 bits per heavy atom. The lowest BCUT2D eigenvalue weighted by molar-refractivity contribution is -0.389. The molecule has 2 heterocycles. The van der Waals surface area contributed by atoms with Gasteiger partial charge in [-0.15, -0.1) is 0 Å². The number of carbonyl (C=O) groups excluding carboxylic acids is 2. The number of nitrogens with zero attached hydrogens (tertiary/aromatic N) is 6. The molecule has 1 unspecified atom stereocenters. The second kappa shape index (κ2) is 9.49. The molecule has 1 saturated carbocycles. The van der Waals surface area contributed by atoms with Gasteiger partial charge in [-0.25, -0.2) is 0 Å². The number of aromatic nitrogens is 4. The molecule has 0 spiro atoms. The Labute approximate surface area is 186 Å². The lowest BCUT2D eigenvalue weighted by atomic mass is 10.0. The zero-order chi connectivity index (χ0) is 23.6. The van der Waals surface area contributed by atoms with Gasteiger partial charge in [0, 0.05) is 24.8 Å². The summed E-state index contributed by atoms with van der Waals surface area (Å²) >= 11 is 0. The van der Waals surface area contributed by atoms with E-state index in [2.05, 4.69) is 15.5 Å². The molecule has 2 amide bonds.